The van der Waals surface area contributed by atoms with Crippen LogP contribution in [-0.2, 0) is 6.42 Å². The number of carbonyl (C=O) groups excluding carboxylic acids is 2. The van der Waals surface area contributed by atoms with Crippen molar-refractivity contribution >= 4 is 17.6 Å². The van der Waals surface area contributed by atoms with Gasteiger partial charge in [0.15, 0.2) is 0 Å². The van der Waals surface area contributed by atoms with Gasteiger partial charge in [-0.25, -0.2) is 4.98 Å². The van der Waals surface area contributed by atoms with Crippen LogP contribution in [0.4, 0.5) is 5.82 Å². The van der Waals surface area contributed by atoms with Crippen molar-refractivity contribution in [3.63, 3.8) is 0 Å². The normalized spacial score (nSPS) is 26.6. The number of fused-ring (bicyclic) bond motifs is 3. The van der Waals surface area contributed by atoms with Crippen LogP contribution in [0.3, 0.4) is 0 Å². The number of amides is 2. The molecule has 2 aromatic rings. The number of likely N-dealkylation sites (N-methyl/N-ethyl adjacent to an activating group) is 1. The number of nitrogens with zero attached hydrogens (tertiary/aromatic N) is 3. The van der Waals surface area contributed by atoms with E-state index in [4.69, 9.17) is 9.72 Å². The predicted octanol–water partition coefficient (Wildman–Crippen LogP) is 3.08. The second-order valence-corrected chi connectivity index (χ2v) is 11.0. The van der Waals surface area contributed by atoms with Gasteiger partial charge in [-0.05, 0) is 69.3 Å². The van der Waals surface area contributed by atoms with E-state index >= 15 is 0 Å². The molecular formula is C29H37N5O3. The predicted molar refractivity (Wildman–Crippen MR) is 142 cm³/mol. The van der Waals surface area contributed by atoms with Gasteiger partial charge in [0, 0.05) is 61.0 Å². The van der Waals surface area contributed by atoms with Crippen molar-refractivity contribution < 1.29 is 14.3 Å². The van der Waals surface area contributed by atoms with Crippen LogP contribution in [0.1, 0.15) is 70.9 Å². The van der Waals surface area contributed by atoms with Gasteiger partial charge < -0.3 is 25.2 Å². The number of hydrogen-bond donors (Lipinski definition) is 2. The molecule has 4 aliphatic rings. The van der Waals surface area contributed by atoms with Crippen LogP contribution in [0.25, 0.3) is 0 Å². The van der Waals surface area contributed by atoms with Gasteiger partial charge >= 0.3 is 0 Å². The number of ether oxygens (including phenoxy) is 1. The molecule has 0 aliphatic carbocycles. The highest BCUT2D eigenvalue weighted by Crippen LogP contribution is 2.39. The third kappa shape index (κ3) is 4.67. The summed E-state index contributed by atoms with van der Waals surface area (Å²) < 4.78 is 5.76. The molecule has 6 rings (SSSR count). The van der Waals surface area contributed by atoms with Gasteiger partial charge in [0.1, 0.15) is 11.6 Å². The highest BCUT2D eigenvalue weighted by Gasteiger charge is 2.42. The number of anilines is 1. The number of benzene rings is 1. The molecule has 8 nitrogen and oxygen atoms in total. The molecule has 37 heavy (non-hydrogen) atoms. The monoisotopic (exact) mass is 503 g/mol. The summed E-state index contributed by atoms with van der Waals surface area (Å²) >= 11 is 0. The van der Waals surface area contributed by atoms with Crippen molar-refractivity contribution in [3.8, 4) is 5.75 Å². The lowest BCUT2D eigenvalue weighted by Gasteiger charge is -2.40. The third-order valence-electron chi connectivity index (χ3n) is 8.75. The number of aromatic nitrogens is 1. The summed E-state index contributed by atoms with van der Waals surface area (Å²) in [4.78, 5) is 35.4. The largest absolute Gasteiger partial charge is 0.493 e. The Morgan fingerprint density at radius 3 is 2.51 bits per heavy atom. The van der Waals surface area contributed by atoms with Crippen LogP contribution in [-0.4, -0.2) is 72.1 Å². The van der Waals surface area contributed by atoms with E-state index in [9.17, 15) is 9.59 Å². The van der Waals surface area contributed by atoms with E-state index in [0.29, 0.717) is 29.8 Å². The van der Waals surface area contributed by atoms with Crippen molar-refractivity contribution in [2.24, 2.45) is 0 Å². The van der Waals surface area contributed by atoms with Crippen LogP contribution >= 0.6 is 0 Å². The molecule has 1 aromatic carbocycles. The maximum absolute atomic E-state index is 13.1. The Kier molecular flexibility index (Phi) is 6.53. The first-order valence-corrected chi connectivity index (χ1v) is 13.8. The molecule has 5 heterocycles. The minimum atomic E-state index is -0.0429. The molecule has 2 N–H and O–H groups in total. The summed E-state index contributed by atoms with van der Waals surface area (Å²) in [6.07, 6.45) is 7.63. The second kappa shape index (κ2) is 9.97. The maximum atomic E-state index is 13.1. The van der Waals surface area contributed by atoms with E-state index in [1.54, 1.807) is 6.20 Å². The Balaban J connectivity index is 1.07. The molecule has 1 unspecified atom stereocenters. The number of carbonyl (C=O) groups is 2. The number of likely N-dealkylation sites (tertiary alicyclic amines) is 1. The molecular weight excluding hydrogens is 466 g/mol. The summed E-state index contributed by atoms with van der Waals surface area (Å²) in [5.74, 6) is 1.76. The molecule has 1 aromatic heterocycles. The summed E-state index contributed by atoms with van der Waals surface area (Å²) in [6, 6.07) is 8.91. The Bertz CT molecular complexity index is 1170. The zero-order valence-electron chi connectivity index (χ0n) is 21.8. The summed E-state index contributed by atoms with van der Waals surface area (Å²) in [7, 11) is 0. The van der Waals surface area contributed by atoms with E-state index in [2.05, 4.69) is 27.4 Å². The van der Waals surface area contributed by atoms with E-state index in [0.717, 1.165) is 75.3 Å². The molecule has 3 saturated heterocycles. The minimum absolute atomic E-state index is 0.00791. The van der Waals surface area contributed by atoms with Gasteiger partial charge in [0.2, 0.25) is 0 Å². The van der Waals surface area contributed by atoms with Gasteiger partial charge in [-0.15, -0.1) is 0 Å². The number of pyridine rings is 1. The van der Waals surface area contributed by atoms with E-state index in [-0.39, 0.29) is 23.9 Å². The second-order valence-electron chi connectivity index (χ2n) is 11.0. The molecule has 4 atom stereocenters. The molecule has 2 amide bonds. The Hall–Kier alpha value is -3.13. The summed E-state index contributed by atoms with van der Waals surface area (Å²) in [6.45, 7) is 7.81. The van der Waals surface area contributed by atoms with Gasteiger partial charge in [-0.3, -0.25) is 9.59 Å². The standard InChI is InChI=1S/C29H37N5O3/c1-3-33-12-10-21(17-33)31-28(35)20-5-9-26(30-16-20)34-23-6-7-24(34)15-22(14-23)32-29(36)25-8-4-19-11-13-37-27(19)18(25)2/h4-5,8-9,16,21-24H,3,6-7,10-15,17H2,1-2H3,(H,31,35)(H,32,36)/t21-,22?,23-,24+/m1/s1. The minimum Gasteiger partial charge on any atom is -0.493 e. The summed E-state index contributed by atoms with van der Waals surface area (Å²) in [5.41, 5.74) is 3.46. The van der Waals surface area contributed by atoms with Crippen LogP contribution in [0.15, 0.2) is 30.5 Å². The fourth-order valence-corrected chi connectivity index (χ4v) is 6.77. The zero-order valence-corrected chi connectivity index (χ0v) is 21.8. The topological polar surface area (TPSA) is 86.8 Å². The van der Waals surface area contributed by atoms with Crippen molar-refractivity contribution in [2.45, 2.75) is 76.5 Å². The van der Waals surface area contributed by atoms with Gasteiger partial charge in [-0.2, -0.15) is 0 Å². The Morgan fingerprint density at radius 2 is 1.81 bits per heavy atom. The number of nitrogens with one attached hydrogen (secondary N) is 2. The van der Waals surface area contributed by atoms with Gasteiger partial charge in [0.05, 0.1) is 12.2 Å². The number of piperidine rings is 1. The quantitative estimate of drug-likeness (QED) is 0.630. The van der Waals surface area contributed by atoms with Gasteiger partial charge in [-0.1, -0.05) is 13.0 Å². The zero-order chi connectivity index (χ0) is 25.5. The molecule has 196 valence electrons. The van der Waals surface area contributed by atoms with Gasteiger partial charge in [0.25, 0.3) is 11.8 Å². The average Bonchev–Trinajstić information content (AvgIpc) is 3.62. The van der Waals surface area contributed by atoms with Crippen molar-refractivity contribution in [2.75, 3.05) is 31.1 Å². The van der Waals surface area contributed by atoms with Crippen LogP contribution in [0, 0.1) is 6.92 Å². The first kappa shape index (κ1) is 24.2. The van der Waals surface area contributed by atoms with Crippen LogP contribution < -0.4 is 20.3 Å². The molecule has 4 aliphatic heterocycles. The molecule has 3 fully saturated rings. The molecule has 0 radical (unpaired) electrons. The van der Waals surface area contributed by atoms with E-state index in [1.165, 1.54) is 5.56 Å². The van der Waals surface area contributed by atoms with Crippen LogP contribution in [0.5, 0.6) is 5.75 Å². The Morgan fingerprint density at radius 1 is 1.03 bits per heavy atom. The molecule has 8 heteroatoms. The lowest BCUT2D eigenvalue weighted by molar-refractivity contribution is 0.0922. The van der Waals surface area contributed by atoms with Crippen molar-refractivity contribution in [1.29, 1.82) is 0 Å². The highest BCUT2D eigenvalue weighted by atomic mass is 16.5. The molecule has 0 spiro atoms. The molecule has 2 bridgehead atoms. The van der Waals surface area contributed by atoms with E-state index in [1.807, 2.05) is 31.2 Å². The summed E-state index contributed by atoms with van der Waals surface area (Å²) in [5, 5.41) is 6.47. The SMILES string of the molecule is CCN1CC[C@@H](NC(=O)c2ccc(N3[C@@H]4CC[C@H]3CC(NC(=O)c3ccc5c(c3C)OCC5)C4)nc2)C1. The number of rotatable bonds is 6. The highest BCUT2D eigenvalue weighted by molar-refractivity contribution is 5.97. The first-order valence-electron chi connectivity index (χ1n) is 13.8. The molecule has 0 saturated carbocycles. The fraction of sp³-hybridized carbons (Fsp3) is 0.552. The smallest absolute Gasteiger partial charge is 0.253 e. The van der Waals surface area contributed by atoms with Crippen molar-refractivity contribution in [1.82, 2.24) is 20.5 Å². The fourth-order valence-electron chi connectivity index (χ4n) is 6.77. The first-order chi connectivity index (χ1) is 18.0. The lowest BCUT2D eigenvalue weighted by Crippen LogP contribution is -2.50. The van der Waals surface area contributed by atoms with Crippen LogP contribution in [0.2, 0.25) is 0 Å². The average molecular weight is 504 g/mol. The Labute approximate surface area is 218 Å². The van der Waals surface area contributed by atoms with Crippen molar-refractivity contribution in [3.05, 3.63) is 52.7 Å². The lowest BCUT2D eigenvalue weighted by atomic mass is 9.96. The maximum Gasteiger partial charge on any atom is 0.253 e. The number of hydrogen-bond acceptors (Lipinski definition) is 6. The van der Waals surface area contributed by atoms with E-state index < -0.39 is 0 Å². The third-order valence-corrected chi connectivity index (χ3v) is 8.75.